The number of halogens is 1. The van der Waals surface area contributed by atoms with Gasteiger partial charge < -0.3 is 24.0 Å². The minimum atomic E-state index is -0.539. The zero-order chi connectivity index (χ0) is 22.8. The molecule has 11 heteroatoms. The Hall–Kier alpha value is -2.17. The molecule has 3 rings (SSSR count). The first kappa shape index (κ1) is 23.5. The molecule has 0 radical (unpaired) electrons. The standard InChI is InChI=1S/C20H27ClN4O5S/c1-12-13-15(24-6-8-25(9-7-24)19(27)30-20(2,3)4)22-18(21)23-16(13)31-14(12)17(26)29-11-10-28-5/h6-11H2,1-5H3. The van der Waals surface area contributed by atoms with Crippen LogP contribution in [0.3, 0.4) is 0 Å². The molecule has 1 saturated heterocycles. The molecule has 0 N–H and O–H groups in total. The van der Waals surface area contributed by atoms with Crippen molar-refractivity contribution in [2.24, 2.45) is 0 Å². The van der Waals surface area contributed by atoms with Crippen LogP contribution >= 0.6 is 22.9 Å². The van der Waals surface area contributed by atoms with Gasteiger partial charge in [0.05, 0.1) is 12.0 Å². The third-order valence-corrected chi connectivity index (χ3v) is 6.02. The molecule has 0 aliphatic carbocycles. The zero-order valence-electron chi connectivity index (χ0n) is 18.4. The van der Waals surface area contributed by atoms with Gasteiger partial charge in [-0.15, -0.1) is 11.3 Å². The lowest BCUT2D eigenvalue weighted by Gasteiger charge is -2.36. The third kappa shape index (κ3) is 5.55. The minimum Gasteiger partial charge on any atom is -0.459 e. The number of fused-ring (bicyclic) bond motifs is 1. The van der Waals surface area contributed by atoms with Crippen molar-refractivity contribution in [3.8, 4) is 0 Å². The molecule has 2 aromatic heterocycles. The number of hydrogen-bond donors (Lipinski definition) is 0. The summed E-state index contributed by atoms with van der Waals surface area (Å²) in [7, 11) is 1.55. The second-order valence-corrected chi connectivity index (χ2v) is 9.47. The van der Waals surface area contributed by atoms with Gasteiger partial charge in [-0.05, 0) is 44.9 Å². The lowest BCUT2D eigenvalue weighted by Crippen LogP contribution is -2.50. The van der Waals surface area contributed by atoms with E-state index in [0.29, 0.717) is 48.3 Å². The first-order chi connectivity index (χ1) is 14.6. The molecule has 0 spiro atoms. The van der Waals surface area contributed by atoms with Gasteiger partial charge in [0.1, 0.15) is 27.7 Å². The molecule has 2 aromatic rings. The smallest absolute Gasteiger partial charge is 0.410 e. The van der Waals surface area contributed by atoms with Crippen molar-refractivity contribution in [1.29, 1.82) is 0 Å². The summed E-state index contributed by atoms with van der Waals surface area (Å²) in [6, 6.07) is 0. The quantitative estimate of drug-likeness (QED) is 0.372. The predicted octanol–water partition coefficient (Wildman–Crippen LogP) is 3.51. The number of carbonyl (C=O) groups excluding carboxylic acids is 2. The number of nitrogens with zero attached hydrogens (tertiary/aromatic N) is 4. The SMILES string of the molecule is COCCOC(=O)c1sc2nc(Cl)nc(N3CCN(C(=O)OC(C)(C)C)CC3)c2c1C. The van der Waals surface area contributed by atoms with Crippen LogP contribution in [0.4, 0.5) is 10.6 Å². The van der Waals surface area contributed by atoms with Gasteiger partial charge in [0.25, 0.3) is 0 Å². The molecule has 31 heavy (non-hydrogen) atoms. The van der Waals surface area contributed by atoms with Crippen molar-refractivity contribution in [2.75, 3.05) is 51.4 Å². The van der Waals surface area contributed by atoms with Gasteiger partial charge in [0, 0.05) is 33.3 Å². The molecule has 3 heterocycles. The molecule has 0 atom stereocenters. The van der Waals surface area contributed by atoms with E-state index in [1.165, 1.54) is 11.3 Å². The van der Waals surface area contributed by atoms with Gasteiger partial charge in [-0.2, -0.15) is 4.98 Å². The van der Waals surface area contributed by atoms with Crippen LogP contribution < -0.4 is 4.90 Å². The van der Waals surface area contributed by atoms with E-state index in [1.807, 2.05) is 27.7 Å². The average Bonchev–Trinajstić information content (AvgIpc) is 3.02. The van der Waals surface area contributed by atoms with Crippen LogP contribution in [0.25, 0.3) is 10.2 Å². The van der Waals surface area contributed by atoms with E-state index >= 15 is 0 Å². The molecular formula is C20H27ClN4O5S. The lowest BCUT2D eigenvalue weighted by molar-refractivity contribution is 0.0240. The highest BCUT2D eigenvalue weighted by Gasteiger charge is 2.29. The number of aryl methyl sites for hydroxylation is 1. The van der Waals surface area contributed by atoms with Crippen LogP contribution in [-0.2, 0) is 14.2 Å². The molecule has 0 aromatic carbocycles. The second-order valence-electron chi connectivity index (χ2n) is 8.14. The summed E-state index contributed by atoms with van der Waals surface area (Å²) in [4.78, 5) is 38.4. The van der Waals surface area contributed by atoms with Gasteiger partial charge in [0.15, 0.2) is 0 Å². The van der Waals surface area contributed by atoms with Crippen molar-refractivity contribution in [2.45, 2.75) is 33.3 Å². The highest BCUT2D eigenvalue weighted by molar-refractivity contribution is 7.20. The van der Waals surface area contributed by atoms with Crippen LogP contribution in [-0.4, -0.2) is 79.0 Å². The maximum absolute atomic E-state index is 12.5. The number of thiophene rings is 1. The largest absolute Gasteiger partial charge is 0.459 e. The van der Waals surface area contributed by atoms with E-state index in [0.717, 1.165) is 10.9 Å². The Bertz CT molecular complexity index is 967. The molecule has 0 unspecified atom stereocenters. The van der Waals surface area contributed by atoms with Crippen molar-refractivity contribution in [3.63, 3.8) is 0 Å². The predicted molar refractivity (Wildman–Crippen MR) is 119 cm³/mol. The van der Waals surface area contributed by atoms with Crippen LogP contribution in [0.2, 0.25) is 5.28 Å². The summed E-state index contributed by atoms with van der Waals surface area (Å²) in [5, 5.41) is 0.886. The Morgan fingerprint density at radius 2 is 1.81 bits per heavy atom. The highest BCUT2D eigenvalue weighted by atomic mass is 35.5. The summed E-state index contributed by atoms with van der Waals surface area (Å²) >= 11 is 7.41. The zero-order valence-corrected chi connectivity index (χ0v) is 19.9. The van der Waals surface area contributed by atoms with Crippen molar-refractivity contribution in [1.82, 2.24) is 14.9 Å². The molecular weight excluding hydrogens is 444 g/mol. The first-order valence-corrected chi connectivity index (χ1v) is 11.2. The number of rotatable bonds is 5. The molecule has 0 bridgehead atoms. The fourth-order valence-electron chi connectivity index (χ4n) is 3.23. The molecule has 1 aliphatic rings. The molecule has 1 aliphatic heterocycles. The number of aromatic nitrogens is 2. The fraction of sp³-hybridized carbons (Fsp3) is 0.600. The van der Waals surface area contributed by atoms with Crippen molar-refractivity contribution >= 4 is 51.0 Å². The topological polar surface area (TPSA) is 94.1 Å². The Kier molecular flexibility index (Phi) is 7.23. The summed E-state index contributed by atoms with van der Waals surface area (Å²) in [6.07, 6.45) is -0.328. The minimum absolute atomic E-state index is 0.109. The number of anilines is 1. The summed E-state index contributed by atoms with van der Waals surface area (Å²) < 4.78 is 15.7. The number of carbonyl (C=O) groups is 2. The first-order valence-electron chi connectivity index (χ1n) is 9.96. The van der Waals surface area contributed by atoms with E-state index < -0.39 is 11.6 Å². The van der Waals surface area contributed by atoms with E-state index in [9.17, 15) is 9.59 Å². The average molecular weight is 471 g/mol. The van der Waals surface area contributed by atoms with Crippen molar-refractivity contribution < 1.29 is 23.8 Å². The van der Waals surface area contributed by atoms with Crippen LogP contribution in [0, 0.1) is 6.92 Å². The van der Waals surface area contributed by atoms with Gasteiger partial charge in [-0.25, -0.2) is 14.6 Å². The highest BCUT2D eigenvalue weighted by Crippen LogP contribution is 2.37. The van der Waals surface area contributed by atoms with Gasteiger partial charge in [-0.1, -0.05) is 0 Å². The Morgan fingerprint density at radius 1 is 1.13 bits per heavy atom. The third-order valence-electron chi connectivity index (χ3n) is 4.68. The van der Waals surface area contributed by atoms with Crippen LogP contribution in [0.15, 0.2) is 0 Å². The van der Waals surface area contributed by atoms with Crippen LogP contribution in [0.5, 0.6) is 0 Å². The normalized spacial score (nSPS) is 14.8. The maximum atomic E-state index is 12.5. The Morgan fingerprint density at radius 3 is 2.42 bits per heavy atom. The Labute approximate surface area is 190 Å². The summed E-state index contributed by atoms with van der Waals surface area (Å²) in [6.45, 7) is 10.00. The second kappa shape index (κ2) is 9.54. The number of hydrogen-bond acceptors (Lipinski definition) is 9. The fourth-order valence-corrected chi connectivity index (χ4v) is 4.51. The molecule has 0 saturated carbocycles. The van der Waals surface area contributed by atoms with Gasteiger partial charge >= 0.3 is 12.1 Å². The van der Waals surface area contributed by atoms with E-state index in [1.54, 1.807) is 12.0 Å². The Balaban J connectivity index is 1.81. The van der Waals surface area contributed by atoms with Gasteiger partial charge in [0.2, 0.25) is 5.28 Å². The number of esters is 1. The monoisotopic (exact) mass is 470 g/mol. The number of piperazine rings is 1. The van der Waals surface area contributed by atoms with E-state index in [-0.39, 0.29) is 18.0 Å². The molecule has 170 valence electrons. The number of ether oxygens (including phenoxy) is 3. The lowest BCUT2D eigenvalue weighted by atomic mass is 10.2. The molecule has 9 nitrogen and oxygen atoms in total. The number of methoxy groups -OCH3 is 1. The van der Waals surface area contributed by atoms with E-state index in [2.05, 4.69) is 14.9 Å². The molecule has 1 amide bonds. The number of amides is 1. The summed E-state index contributed by atoms with van der Waals surface area (Å²) in [5.74, 6) is 0.234. The van der Waals surface area contributed by atoms with Crippen molar-refractivity contribution in [3.05, 3.63) is 15.7 Å². The summed E-state index contributed by atoms with van der Waals surface area (Å²) in [5.41, 5.74) is 0.214. The molecule has 1 fully saturated rings. The van der Waals surface area contributed by atoms with E-state index in [4.69, 9.17) is 25.8 Å². The van der Waals surface area contributed by atoms with Crippen LogP contribution in [0.1, 0.15) is 36.0 Å². The maximum Gasteiger partial charge on any atom is 0.410 e. The van der Waals surface area contributed by atoms with Gasteiger partial charge in [-0.3, -0.25) is 0 Å².